The van der Waals surface area contributed by atoms with Crippen LogP contribution < -0.4 is 0 Å². The number of carbonyl (C=O) groups excluding carboxylic acids is 4. The van der Waals surface area contributed by atoms with Crippen LogP contribution in [0.3, 0.4) is 0 Å². The fourth-order valence-electron chi connectivity index (χ4n) is 2.50. The van der Waals surface area contributed by atoms with Gasteiger partial charge in [0.15, 0.2) is 5.78 Å². The van der Waals surface area contributed by atoms with Crippen LogP contribution in [-0.4, -0.2) is 46.0 Å². The molecule has 1 fully saturated rings. The third kappa shape index (κ3) is 3.31. The Morgan fingerprint density at radius 3 is 2.13 bits per heavy atom. The largest absolute Gasteiger partial charge is 0.334 e. The SMILES string of the molecule is CCCc1ccc(C(=O)CN2C(=O)C(=O)N(C(C)C)C2=O)cc1. The lowest BCUT2D eigenvalue weighted by Gasteiger charge is -2.18. The average Bonchev–Trinajstić information content (AvgIpc) is 2.72. The minimum Gasteiger partial charge on any atom is -0.292 e. The highest BCUT2D eigenvalue weighted by Crippen LogP contribution is 2.16. The van der Waals surface area contributed by atoms with Crippen molar-refractivity contribution in [3.63, 3.8) is 0 Å². The number of carbonyl (C=O) groups is 4. The molecule has 1 heterocycles. The molecule has 1 aliphatic rings. The standard InChI is InChI=1S/C17H20N2O4/c1-4-5-12-6-8-13(9-7-12)14(20)10-18-15(21)16(22)19(11(2)3)17(18)23/h6-9,11H,4-5,10H2,1-3H3. The minimum absolute atomic E-state index is 0.367. The average molecular weight is 316 g/mol. The van der Waals surface area contributed by atoms with Crippen molar-refractivity contribution in [3.8, 4) is 0 Å². The Morgan fingerprint density at radius 1 is 1.04 bits per heavy atom. The fraction of sp³-hybridized carbons (Fsp3) is 0.412. The summed E-state index contributed by atoms with van der Waals surface area (Å²) in [6, 6.07) is 5.92. The number of imide groups is 2. The van der Waals surface area contributed by atoms with Gasteiger partial charge >= 0.3 is 17.8 Å². The topological polar surface area (TPSA) is 74.8 Å². The van der Waals surface area contributed by atoms with E-state index in [0.717, 1.165) is 23.3 Å². The van der Waals surface area contributed by atoms with Crippen molar-refractivity contribution in [2.24, 2.45) is 0 Å². The van der Waals surface area contributed by atoms with Crippen LogP contribution in [0.25, 0.3) is 0 Å². The van der Waals surface area contributed by atoms with Gasteiger partial charge in [-0.2, -0.15) is 0 Å². The van der Waals surface area contributed by atoms with Crippen LogP contribution in [0, 0.1) is 0 Å². The first kappa shape index (κ1) is 16.9. The Balaban J connectivity index is 2.12. The molecule has 6 nitrogen and oxygen atoms in total. The van der Waals surface area contributed by atoms with Gasteiger partial charge in [-0.25, -0.2) is 9.69 Å². The number of ketones is 1. The van der Waals surface area contributed by atoms with Crippen LogP contribution in [0.5, 0.6) is 0 Å². The van der Waals surface area contributed by atoms with Crippen LogP contribution in [0.4, 0.5) is 4.79 Å². The van der Waals surface area contributed by atoms with Crippen molar-refractivity contribution in [2.75, 3.05) is 6.54 Å². The van der Waals surface area contributed by atoms with E-state index in [4.69, 9.17) is 0 Å². The smallest absolute Gasteiger partial charge is 0.292 e. The molecule has 6 heteroatoms. The molecule has 1 aromatic rings. The van der Waals surface area contributed by atoms with Gasteiger partial charge in [0, 0.05) is 11.6 Å². The van der Waals surface area contributed by atoms with Crippen molar-refractivity contribution in [1.29, 1.82) is 0 Å². The number of rotatable bonds is 6. The van der Waals surface area contributed by atoms with Gasteiger partial charge in [0.25, 0.3) is 0 Å². The monoisotopic (exact) mass is 316 g/mol. The summed E-state index contributed by atoms with van der Waals surface area (Å²) in [5.74, 6) is -2.19. The summed E-state index contributed by atoms with van der Waals surface area (Å²) in [4.78, 5) is 49.7. The Labute approximate surface area is 135 Å². The van der Waals surface area contributed by atoms with Crippen LogP contribution in [-0.2, 0) is 16.0 Å². The molecule has 0 atom stereocenters. The Kier molecular flexibility index (Phi) is 4.93. The Bertz CT molecular complexity index is 649. The summed E-state index contributed by atoms with van der Waals surface area (Å²) in [7, 11) is 0. The molecule has 122 valence electrons. The zero-order valence-corrected chi connectivity index (χ0v) is 13.5. The molecule has 4 amide bonds. The lowest BCUT2D eigenvalue weighted by Crippen LogP contribution is -2.39. The van der Waals surface area contributed by atoms with E-state index in [0.29, 0.717) is 10.5 Å². The molecular weight excluding hydrogens is 296 g/mol. The minimum atomic E-state index is -0.945. The molecule has 1 saturated heterocycles. The van der Waals surface area contributed by atoms with Gasteiger partial charge in [0.05, 0.1) is 6.54 Å². The highest BCUT2D eigenvalue weighted by atomic mass is 16.2. The van der Waals surface area contributed by atoms with Crippen molar-refractivity contribution in [2.45, 2.75) is 39.7 Å². The van der Waals surface area contributed by atoms with Gasteiger partial charge in [-0.05, 0) is 25.8 Å². The molecule has 0 radical (unpaired) electrons. The normalized spacial score (nSPS) is 15.0. The maximum atomic E-state index is 12.3. The van der Waals surface area contributed by atoms with E-state index in [1.165, 1.54) is 0 Å². The molecule has 0 N–H and O–H groups in total. The van der Waals surface area contributed by atoms with Crippen molar-refractivity contribution < 1.29 is 19.2 Å². The molecule has 0 spiro atoms. The van der Waals surface area contributed by atoms with E-state index in [1.807, 2.05) is 12.1 Å². The number of urea groups is 1. The van der Waals surface area contributed by atoms with Gasteiger partial charge in [-0.3, -0.25) is 19.3 Å². The van der Waals surface area contributed by atoms with E-state index in [1.54, 1.807) is 26.0 Å². The first-order chi connectivity index (χ1) is 10.9. The summed E-state index contributed by atoms with van der Waals surface area (Å²) in [6.45, 7) is 4.93. The van der Waals surface area contributed by atoms with E-state index in [-0.39, 0.29) is 5.78 Å². The van der Waals surface area contributed by atoms with E-state index >= 15 is 0 Å². The highest BCUT2D eigenvalue weighted by molar-refractivity contribution is 6.45. The number of aryl methyl sites for hydroxylation is 1. The Hall–Kier alpha value is -2.50. The molecule has 23 heavy (non-hydrogen) atoms. The van der Waals surface area contributed by atoms with E-state index in [9.17, 15) is 19.2 Å². The maximum Gasteiger partial charge on any atom is 0.334 e. The molecule has 1 aromatic carbocycles. The molecule has 0 aromatic heterocycles. The number of hydrogen-bond donors (Lipinski definition) is 0. The van der Waals surface area contributed by atoms with Crippen LogP contribution in [0.15, 0.2) is 24.3 Å². The molecule has 1 aliphatic heterocycles. The molecule has 0 unspecified atom stereocenters. The summed E-state index contributed by atoms with van der Waals surface area (Å²) in [5.41, 5.74) is 1.54. The number of Topliss-reactive ketones (excluding diaryl/α,β-unsaturated/α-hetero) is 1. The molecule has 0 bridgehead atoms. The van der Waals surface area contributed by atoms with Crippen LogP contribution in [0.1, 0.15) is 43.1 Å². The number of benzene rings is 1. The zero-order chi connectivity index (χ0) is 17.1. The van der Waals surface area contributed by atoms with Gasteiger partial charge < -0.3 is 0 Å². The first-order valence-corrected chi connectivity index (χ1v) is 7.68. The lowest BCUT2D eigenvalue weighted by molar-refractivity contribution is -0.143. The van der Waals surface area contributed by atoms with Gasteiger partial charge in [-0.15, -0.1) is 0 Å². The van der Waals surface area contributed by atoms with Crippen molar-refractivity contribution in [1.82, 2.24) is 9.80 Å². The summed E-state index contributed by atoms with van der Waals surface area (Å²) >= 11 is 0. The summed E-state index contributed by atoms with van der Waals surface area (Å²) in [6.07, 6.45) is 1.94. The molecule has 0 saturated carbocycles. The highest BCUT2D eigenvalue weighted by Gasteiger charge is 2.46. The fourth-order valence-corrected chi connectivity index (χ4v) is 2.50. The number of nitrogens with zero attached hydrogens (tertiary/aromatic N) is 2. The second-order valence-corrected chi connectivity index (χ2v) is 5.81. The second kappa shape index (κ2) is 6.73. The van der Waals surface area contributed by atoms with Crippen molar-refractivity contribution in [3.05, 3.63) is 35.4 Å². The molecule has 0 aliphatic carbocycles. The van der Waals surface area contributed by atoms with Crippen LogP contribution >= 0.6 is 0 Å². The summed E-state index contributed by atoms with van der Waals surface area (Å²) in [5, 5.41) is 0. The number of hydrogen-bond acceptors (Lipinski definition) is 4. The quantitative estimate of drug-likeness (QED) is 0.457. The van der Waals surface area contributed by atoms with E-state index < -0.39 is 30.4 Å². The predicted octanol–water partition coefficient (Wildman–Crippen LogP) is 2.02. The lowest BCUT2D eigenvalue weighted by atomic mass is 10.1. The second-order valence-electron chi connectivity index (χ2n) is 5.81. The van der Waals surface area contributed by atoms with Gasteiger partial charge in [0.1, 0.15) is 0 Å². The predicted molar refractivity (Wildman–Crippen MR) is 83.9 cm³/mol. The number of amides is 4. The molecular formula is C17H20N2O4. The maximum absolute atomic E-state index is 12.3. The molecule has 2 rings (SSSR count). The van der Waals surface area contributed by atoms with Gasteiger partial charge in [-0.1, -0.05) is 37.6 Å². The van der Waals surface area contributed by atoms with Crippen LogP contribution in [0.2, 0.25) is 0 Å². The van der Waals surface area contributed by atoms with E-state index in [2.05, 4.69) is 6.92 Å². The summed E-state index contributed by atoms with van der Waals surface area (Å²) < 4.78 is 0. The third-order valence-corrected chi connectivity index (χ3v) is 3.72. The first-order valence-electron chi connectivity index (χ1n) is 7.68. The Morgan fingerprint density at radius 2 is 1.65 bits per heavy atom. The van der Waals surface area contributed by atoms with Gasteiger partial charge in [0.2, 0.25) is 0 Å². The zero-order valence-electron chi connectivity index (χ0n) is 13.5. The third-order valence-electron chi connectivity index (χ3n) is 3.72. The van der Waals surface area contributed by atoms with Crippen molar-refractivity contribution >= 4 is 23.6 Å².